The quantitative estimate of drug-likeness (QED) is 0.328. The van der Waals surface area contributed by atoms with Gasteiger partial charge in [0, 0.05) is 18.8 Å². The minimum atomic E-state index is -0.927. The molecule has 8 nitrogen and oxygen atoms in total. The molecule has 0 aliphatic rings. The van der Waals surface area contributed by atoms with Crippen molar-refractivity contribution in [2.24, 2.45) is 0 Å². The molecule has 0 atom stereocenters. The number of nitrogen functional groups attached to an aromatic ring is 1. The number of hydrogen-bond donors (Lipinski definition) is 2. The van der Waals surface area contributed by atoms with Crippen LogP contribution < -0.4 is 11.3 Å². The van der Waals surface area contributed by atoms with Crippen LogP contribution in [0.3, 0.4) is 0 Å². The second-order valence-electron chi connectivity index (χ2n) is 6.81. The second kappa shape index (κ2) is 8.33. The third-order valence-corrected chi connectivity index (χ3v) is 5.35. The van der Waals surface area contributed by atoms with E-state index in [0.29, 0.717) is 29.8 Å². The Bertz CT molecular complexity index is 1290. The minimum Gasteiger partial charge on any atom is -0.392 e. The number of imidazole rings is 1. The molecule has 30 heavy (non-hydrogen) atoms. The molecule has 0 aliphatic carbocycles. The van der Waals surface area contributed by atoms with E-state index in [-0.39, 0.29) is 23.6 Å². The van der Waals surface area contributed by atoms with Crippen molar-refractivity contribution in [2.75, 3.05) is 5.73 Å². The summed E-state index contributed by atoms with van der Waals surface area (Å²) in [5.74, 6) is -0.0352. The standard InChI is InChI=1S/C20H18BrFN6O2/c21-19-24-16-17(23)25-20(22)26-18(16)28(19)10-14-4-5-15(30)27(9-14)7-6-12-2-1-3-13(8-12)11-29/h1-5,8-9,29H,6-7,10-11H2,(H2,23,25,26). The van der Waals surface area contributed by atoms with Gasteiger partial charge in [-0.05, 0) is 39.0 Å². The number of benzene rings is 1. The molecule has 0 saturated carbocycles. The fourth-order valence-corrected chi connectivity index (χ4v) is 3.74. The van der Waals surface area contributed by atoms with Gasteiger partial charge < -0.3 is 15.4 Å². The van der Waals surface area contributed by atoms with E-state index < -0.39 is 6.08 Å². The van der Waals surface area contributed by atoms with Crippen LogP contribution in [0.15, 0.2) is 52.1 Å². The summed E-state index contributed by atoms with van der Waals surface area (Å²) >= 11 is 3.35. The molecule has 154 valence electrons. The second-order valence-corrected chi connectivity index (χ2v) is 7.52. The number of nitrogens with two attached hydrogens (primary N) is 1. The van der Waals surface area contributed by atoms with Gasteiger partial charge in [0.15, 0.2) is 21.7 Å². The van der Waals surface area contributed by atoms with Gasteiger partial charge in [-0.2, -0.15) is 14.4 Å². The molecule has 0 spiro atoms. The lowest BCUT2D eigenvalue weighted by molar-refractivity contribution is 0.281. The number of halogens is 2. The molecular weight excluding hydrogens is 455 g/mol. The first kappa shape index (κ1) is 20.2. The third-order valence-electron chi connectivity index (χ3n) is 4.75. The highest BCUT2D eigenvalue weighted by Gasteiger charge is 2.16. The number of anilines is 1. The van der Waals surface area contributed by atoms with Crippen molar-refractivity contribution in [2.45, 2.75) is 26.1 Å². The predicted octanol–water partition coefficient (Wildman–Crippen LogP) is 2.26. The molecule has 0 bridgehead atoms. The van der Waals surface area contributed by atoms with E-state index >= 15 is 0 Å². The van der Waals surface area contributed by atoms with Gasteiger partial charge in [-0.15, -0.1) is 0 Å². The summed E-state index contributed by atoms with van der Waals surface area (Å²) < 4.78 is 17.4. The average molecular weight is 473 g/mol. The van der Waals surface area contributed by atoms with E-state index in [0.717, 1.165) is 16.7 Å². The van der Waals surface area contributed by atoms with Crippen molar-refractivity contribution in [1.29, 1.82) is 0 Å². The van der Waals surface area contributed by atoms with E-state index in [9.17, 15) is 14.3 Å². The number of pyridine rings is 1. The molecule has 4 rings (SSSR count). The van der Waals surface area contributed by atoms with Gasteiger partial charge in [-0.25, -0.2) is 4.98 Å². The molecule has 3 N–H and O–H groups in total. The van der Waals surface area contributed by atoms with Crippen molar-refractivity contribution in [3.8, 4) is 0 Å². The summed E-state index contributed by atoms with van der Waals surface area (Å²) in [5, 5.41) is 9.28. The zero-order valence-corrected chi connectivity index (χ0v) is 17.4. The van der Waals surface area contributed by atoms with Crippen LogP contribution in [0.5, 0.6) is 0 Å². The number of rotatable bonds is 6. The molecule has 1 aromatic carbocycles. The number of aliphatic hydroxyl groups excluding tert-OH is 1. The van der Waals surface area contributed by atoms with Crippen molar-refractivity contribution >= 4 is 32.9 Å². The molecule has 4 aromatic rings. The van der Waals surface area contributed by atoms with Gasteiger partial charge in [-0.3, -0.25) is 9.36 Å². The van der Waals surface area contributed by atoms with Crippen LogP contribution in [0, 0.1) is 6.08 Å². The molecule has 3 heterocycles. The summed E-state index contributed by atoms with van der Waals surface area (Å²) in [6, 6.07) is 10.8. The number of nitrogens with zero attached hydrogens (tertiary/aromatic N) is 5. The lowest BCUT2D eigenvalue weighted by atomic mass is 10.1. The Balaban J connectivity index is 1.60. The minimum absolute atomic E-state index is 0.0221. The van der Waals surface area contributed by atoms with Crippen LogP contribution in [-0.2, 0) is 26.1 Å². The highest BCUT2D eigenvalue weighted by Crippen LogP contribution is 2.23. The topological polar surface area (TPSA) is 112 Å². The van der Waals surface area contributed by atoms with Crippen LogP contribution in [0.2, 0.25) is 0 Å². The molecule has 10 heteroatoms. The van der Waals surface area contributed by atoms with E-state index in [4.69, 9.17) is 5.73 Å². The average Bonchev–Trinajstić information content (AvgIpc) is 3.04. The smallest absolute Gasteiger partial charge is 0.312 e. The van der Waals surface area contributed by atoms with Gasteiger partial charge in [0.05, 0.1) is 13.2 Å². The molecule has 0 aliphatic heterocycles. The molecule has 0 fully saturated rings. The van der Waals surface area contributed by atoms with Crippen LogP contribution in [0.4, 0.5) is 10.2 Å². The zero-order chi connectivity index (χ0) is 21.3. The first-order valence-electron chi connectivity index (χ1n) is 9.17. The van der Waals surface area contributed by atoms with Gasteiger partial charge >= 0.3 is 6.08 Å². The first-order chi connectivity index (χ1) is 14.4. The fraction of sp³-hybridized carbons (Fsp3) is 0.200. The summed E-state index contributed by atoms with van der Waals surface area (Å²) in [4.78, 5) is 23.9. The van der Waals surface area contributed by atoms with E-state index in [1.807, 2.05) is 24.3 Å². The normalized spacial score (nSPS) is 11.3. The fourth-order valence-electron chi connectivity index (χ4n) is 3.27. The maximum atomic E-state index is 13.6. The molecular formula is C20H18BrFN6O2. The van der Waals surface area contributed by atoms with E-state index in [1.165, 1.54) is 6.07 Å². The van der Waals surface area contributed by atoms with E-state index in [1.54, 1.807) is 21.4 Å². The van der Waals surface area contributed by atoms with Crippen molar-refractivity contribution in [1.82, 2.24) is 24.1 Å². The molecule has 0 radical (unpaired) electrons. The summed E-state index contributed by atoms with van der Waals surface area (Å²) in [5.41, 5.74) is 8.88. The lowest BCUT2D eigenvalue weighted by Crippen LogP contribution is -2.20. The van der Waals surface area contributed by atoms with Crippen LogP contribution in [0.25, 0.3) is 11.2 Å². The van der Waals surface area contributed by atoms with Crippen molar-refractivity contribution in [3.05, 3.63) is 80.5 Å². The highest BCUT2D eigenvalue weighted by atomic mass is 79.9. The first-order valence-corrected chi connectivity index (χ1v) is 9.96. The van der Waals surface area contributed by atoms with Gasteiger partial charge in [-0.1, -0.05) is 30.3 Å². The Morgan fingerprint density at radius 3 is 2.70 bits per heavy atom. The number of hydrogen-bond acceptors (Lipinski definition) is 6. The lowest BCUT2D eigenvalue weighted by Gasteiger charge is -2.10. The van der Waals surface area contributed by atoms with Crippen molar-refractivity contribution in [3.63, 3.8) is 0 Å². The molecule has 0 amide bonds. The maximum Gasteiger partial charge on any atom is 0.312 e. The zero-order valence-electron chi connectivity index (χ0n) is 15.8. The Morgan fingerprint density at radius 2 is 1.90 bits per heavy atom. The SMILES string of the molecule is Nc1nc(F)nc2c1nc(Br)n2Cc1ccc(=O)n(CCc2cccc(CO)c2)c1. The number of aliphatic hydroxyl groups is 1. The third kappa shape index (κ3) is 4.10. The summed E-state index contributed by atoms with van der Waals surface area (Å²) in [6.07, 6.45) is 1.48. The number of aryl methyl sites for hydroxylation is 2. The van der Waals surface area contributed by atoms with Crippen LogP contribution in [-0.4, -0.2) is 29.2 Å². The Morgan fingerprint density at radius 1 is 1.10 bits per heavy atom. The Kier molecular flexibility index (Phi) is 5.60. The molecule has 0 unspecified atom stereocenters. The highest BCUT2D eigenvalue weighted by molar-refractivity contribution is 9.10. The largest absolute Gasteiger partial charge is 0.392 e. The van der Waals surface area contributed by atoms with Crippen molar-refractivity contribution < 1.29 is 9.50 Å². The summed E-state index contributed by atoms with van der Waals surface area (Å²) in [6.45, 7) is 0.774. The number of aromatic nitrogens is 5. The Labute approximate surface area is 179 Å². The van der Waals surface area contributed by atoms with Gasteiger partial charge in [0.2, 0.25) is 0 Å². The maximum absolute atomic E-state index is 13.6. The monoisotopic (exact) mass is 472 g/mol. The van der Waals surface area contributed by atoms with Crippen LogP contribution in [0.1, 0.15) is 16.7 Å². The predicted molar refractivity (Wildman–Crippen MR) is 113 cm³/mol. The molecule has 3 aromatic heterocycles. The van der Waals surface area contributed by atoms with Gasteiger partial charge in [0.1, 0.15) is 0 Å². The Hall–Kier alpha value is -3.11. The molecule has 0 saturated heterocycles. The van der Waals surface area contributed by atoms with Gasteiger partial charge in [0.25, 0.3) is 5.56 Å². The van der Waals surface area contributed by atoms with Crippen LogP contribution >= 0.6 is 15.9 Å². The summed E-state index contributed by atoms with van der Waals surface area (Å²) in [7, 11) is 0. The number of fused-ring (bicyclic) bond motifs is 1. The van der Waals surface area contributed by atoms with E-state index in [2.05, 4.69) is 30.9 Å².